The second kappa shape index (κ2) is 5.56. The van der Waals surface area contributed by atoms with Crippen LogP contribution in [0, 0.1) is 0 Å². The van der Waals surface area contributed by atoms with Crippen LogP contribution in [-0.4, -0.2) is 16.1 Å². The zero-order valence-electron chi connectivity index (χ0n) is 9.04. The second-order valence-corrected chi connectivity index (χ2v) is 4.26. The Hall–Kier alpha value is -1.72. The van der Waals surface area contributed by atoms with Crippen molar-refractivity contribution in [1.82, 2.24) is 10.3 Å². The summed E-state index contributed by atoms with van der Waals surface area (Å²) in [5.41, 5.74) is 3.34. The molecule has 5 heteroatoms. The molecule has 2 aromatic rings. The molecule has 1 heterocycles. The number of nitrogens with zero attached hydrogens (tertiary/aromatic N) is 1. The highest BCUT2D eigenvalue weighted by Gasteiger charge is 2.18. The van der Waals surface area contributed by atoms with Gasteiger partial charge in [-0.3, -0.25) is 10.1 Å². The van der Waals surface area contributed by atoms with E-state index >= 15 is 0 Å². The predicted molar refractivity (Wildman–Crippen MR) is 65.8 cm³/mol. The van der Waals surface area contributed by atoms with Gasteiger partial charge in [0.05, 0.1) is 11.2 Å². The number of carboxylic acids is 1. The molecule has 2 N–H and O–H groups in total. The Kier molecular flexibility index (Phi) is 3.85. The summed E-state index contributed by atoms with van der Waals surface area (Å²) < 4.78 is 0. The van der Waals surface area contributed by atoms with Gasteiger partial charge in [-0.15, -0.1) is 11.3 Å². The van der Waals surface area contributed by atoms with Crippen LogP contribution in [0.15, 0.2) is 41.2 Å². The van der Waals surface area contributed by atoms with Crippen molar-refractivity contribution in [1.29, 1.82) is 0 Å². The zero-order valence-corrected chi connectivity index (χ0v) is 9.85. The summed E-state index contributed by atoms with van der Waals surface area (Å²) in [5, 5.41) is 14.1. The van der Waals surface area contributed by atoms with E-state index in [1.807, 2.05) is 23.6 Å². The molecule has 0 saturated heterocycles. The van der Waals surface area contributed by atoms with Gasteiger partial charge in [-0.2, -0.15) is 0 Å². The smallest absolute Gasteiger partial charge is 0.325 e. The molecule has 2 rings (SSSR count). The second-order valence-electron chi connectivity index (χ2n) is 3.54. The third-order valence-electron chi connectivity index (χ3n) is 2.35. The maximum absolute atomic E-state index is 11.2. The SMILES string of the molecule is O=C(O)C(NCc1cscn1)c1ccccc1. The van der Waals surface area contributed by atoms with E-state index < -0.39 is 12.0 Å². The molecule has 0 saturated carbocycles. The molecule has 0 spiro atoms. The maximum Gasteiger partial charge on any atom is 0.325 e. The fourth-order valence-corrected chi connectivity index (χ4v) is 2.08. The molecule has 0 aliphatic carbocycles. The minimum atomic E-state index is -0.883. The molecule has 1 unspecified atom stereocenters. The summed E-state index contributed by atoms with van der Waals surface area (Å²) in [7, 11) is 0. The van der Waals surface area contributed by atoms with E-state index in [1.54, 1.807) is 17.6 Å². The molecule has 4 nitrogen and oxygen atoms in total. The Bertz CT molecular complexity index is 471. The Morgan fingerprint density at radius 3 is 2.76 bits per heavy atom. The molecule has 17 heavy (non-hydrogen) atoms. The first-order valence-electron chi connectivity index (χ1n) is 5.15. The van der Waals surface area contributed by atoms with Gasteiger partial charge in [0.1, 0.15) is 6.04 Å². The van der Waals surface area contributed by atoms with Crippen molar-refractivity contribution >= 4 is 17.3 Å². The van der Waals surface area contributed by atoms with Crippen LogP contribution >= 0.6 is 11.3 Å². The van der Waals surface area contributed by atoms with E-state index in [1.165, 1.54) is 11.3 Å². The standard InChI is InChI=1S/C12H12N2O2S/c15-12(16)11(9-4-2-1-3-5-9)13-6-10-7-17-8-14-10/h1-5,7-8,11,13H,6H2,(H,15,16). The molecule has 0 fully saturated rings. The molecule has 0 radical (unpaired) electrons. The van der Waals surface area contributed by atoms with Gasteiger partial charge in [-0.25, -0.2) is 4.98 Å². The van der Waals surface area contributed by atoms with Crippen molar-refractivity contribution in [3.05, 3.63) is 52.5 Å². The number of hydrogen-bond donors (Lipinski definition) is 2. The van der Waals surface area contributed by atoms with E-state index in [4.69, 9.17) is 0 Å². The largest absolute Gasteiger partial charge is 0.480 e. The topological polar surface area (TPSA) is 62.2 Å². The minimum Gasteiger partial charge on any atom is -0.480 e. The summed E-state index contributed by atoms with van der Waals surface area (Å²) in [6, 6.07) is 8.42. The first-order chi connectivity index (χ1) is 8.27. The van der Waals surface area contributed by atoms with Crippen LogP contribution in [-0.2, 0) is 11.3 Å². The Morgan fingerprint density at radius 2 is 2.18 bits per heavy atom. The first kappa shape index (κ1) is 11.8. The van der Waals surface area contributed by atoms with Gasteiger partial charge >= 0.3 is 5.97 Å². The van der Waals surface area contributed by atoms with E-state index in [0.29, 0.717) is 6.54 Å². The molecule has 0 bridgehead atoms. The number of aromatic nitrogens is 1. The summed E-state index contributed by atoms with van der Waals surface area (Å²) in [6.45, 7) is 0.454. The van der Waals surface area contributed by atoms with Crippen LogP contribution in [0.1, 0.15) is 17.3 Å². The van der Waals surface area contributed by atoms with Crippen molar-refractivity contribution in [3.63, 3.8) is 0 Å². The van der Waals surface area contributed by atoms with Crippen LogP contribution in [0.3, 0.4) is 0 Å². The normalized spacial score (nSPS) is 12.2. The number of thiazole rings is 1. The number of hydrogen-bond acceptors (Lipinski definition) is 4. The quantitative estimate of drug-likeness (QED) is 0.850. The fourth-order valence-electron chi connectivity index (χ4n) is 1.52. The van der Waals surface area contributed by atoms with Gasteiger partial charge in [0.2, 0.25) is 0 Å². The van der Waals surface area contributed by atoms with Crippen LogP contribution < -0.4 is 5.32 Å². The van der Waals surface area contributed by atoms with Gasteiger partial charge in [-0.05, 0) is 5.56 Å². The van der Waals surface area contributed by atoms with Gasteiger partial charge < -0.3 is 5.11 Å². The highest BCUT2D eigenvalue weighted by molar-refractivity contribution is 7.07. The van der Waals surface area contributed by atoms with E-state index in [9.17, 15) is 9.90 Å². The lowest BCUT2D eigenvalue weighted by atomic mass is 10.1. The Morgan fingerprint density at radius 1 is 1.41 bits per heavy atom. The monoisotopic (exact) mass is 248 g/mol. The fraction of sp³-hybridized carbons (Fsp3) is 0.167. The lowest BCUT2D eigenvalue weighted by Gasteiger charge is -2.13. The summed E-state index contributed by atoms with van der Waals surface area (Å²) in [5.74, 6) is -0.883. The van der Waals surface area contributed by atoms with Crippen LogP contribution in [0.25, 0.3) is 0 Å². The molecule has 88 valence electrons. The third-order valence-corrected chi connectivity index (χ3v) is 2.99. The summed E-state index contributed by atoms with van der Waals surface area (Å²) in [6.07, 6.45) is 0. The van der Waals surface area contributed by atoms with E-state index in [-0.39, 0.29) is 0 Å². The Labute approximate surface area is 103 Å². The van der Waals surface area contributed by atoms with Crippen LogP contribution in [0.5, 0.6) is 0 Å². The molecule has 0 amide bonds. The van der Waals surface area contributed by atoms with E-state index in [2.05, 4.69) is 10.3 Å². The van der Waals surface area contributed by atoms with Gasteiger partial charge in [0.25, 0.3) is 0 Å². The van der Waals surface area contributed by atoms with Crippen molar-refractivity contribution in [2.45, 2.75) is 12.6 Å². The van der Waals surface area contributed by atoms with Crippen molar-refractivity contribution in [3.8, 4) is 0 Å². The minimum absolute atomic E-state index is 0.454. The van der Waals surface area contributed by atoms with Gasteiger partial charge in [0, 0.05) is 11.9 Å². The Balaban J connectivity index is 2.06. The maximum atomic E-state index is 11.2. The third kappa shape index (κ3) is 3.12. The molecule has 0 aliphatic rings. The summed E-state index contributed by atoms with van der Waals surface area (Å²) in [4.78, 5) is 15.3. The summed E-state index contributed by atoms with van der Waals surface area (Å²) >= 11 is 1.50. The average Bonchev–Trinajstić information content (AvgIpc) is 2.83. The lowest BCUT2D eigenvalue weighted by molar-refractivity contribution is -0.139. The molecule has 1 aromatic carbocycles. The van der Waals surface area contributed by atoms with Gasteiger partial charge in [0.15, 0.2) is 0 Å². The van der Waals surface area contributed by atoms with Crippen LogP contribution in [0.4, 0.5) is 0 Å². The number of rotatable bonds is 5. The molecule has 1 aromatic heterocycles. The average molecular weight is 248 g/mol. The van der Waals surface area contributed by atoms with E-state index in [0.717, 1.165) is 11.3 Å². The molecule has 1 atom stereocenters. The van der Waals surface area contributed by atoms with Crippen molar-refractivity contribution in [2.75, 3.05) is 0 Å². The molecular formula is C12H12N2O2S. The molecular weight excluding hydrogens is 236 g/mol. The number of aliphatic carboxylic acids is 1. The highest BCUT2D eigenvalue weighted by Crippen LogP contribution is 2.13. The van der Waals surface area contributed by atoms with Gasteiger partial charge in [-0.1, -0.05) is 30.3 Å². The first-order valence-corrected chi connectivity index (χ1v) is 6.10. The number of nitrogens with one attached hydrogen (secondary N) is 1. The molecule has 0 aliphatic heterocycles. The van der Waals surface area contributed by atoms with Crippen molar-refractivity contribution in [2.24, 2.45) is 0 Å². The highest BCUT2D eigenvalue weighted by atomic mass is 32.1. The number of benzene rings is 1. The van der Waals surface area contributed by atoms with Crippen molar-refractivity contribution < 1.29 is 9.90 Å². The lowest BCUT2D eigenvalue weighted by Crippen LogP contribution is -2.28. The number of carboxylic acid groups (broad SMARTS) is 1. The zero-order chi connectivity index (χ0) is 12.1. The van der Waals surface area contributed by atoms with Crippen LogP contribution in [0.2, 0.25) is 0 Å². The predicted octanol–water partition coefficient (Wildman–Crippen LogP) is 2.06. The number of carbonyl (C=O) groups is 1.